The summed E-state index contributed by atoms with van der Waals surface area (Å²) < 4.78 is 20.1. The van der Waals surface area contributed by atoms with E-state index in [-0.39, 0.29) is 0 Å². The molecule has 0 unspecified atom stereocenters. The minimum atomic E-state index is 0.834. The third kappa shape index (κ3) is 4.85. The van der Waals surface area contributed by atoms with E-state index >= 15 is 0 Å². The second-order valence-corrected chi connectivity index (χ2v) is 15.6. The molecular weight excluding hydrogens is 735 g/mol. The largest absolute Gasteiger partial charge is 0.455 e. The van der Waals surface area contributed by atoms with Gasteiger partial charge in [-0.1, -0.05) is 146 Å². The van der Waals surface area contributed by atoms with E-state index in [2.05, 4.69) is 193 Å². The number of hydrogen-bond donors (Lipinski definition) is 0. The van der Waals surface area contributed by atoms with Crippen LogP contribution >= 0.6 is 0 Å². The van der Waals surface area contributed by atoms with Gasteiger partial charge in [-0.25, -0.2) is 0 Å². The number of furan rings is 3. The summed E-state index contributed by atoms with van der Waals surface area (Å²) in [6.07, 6.45) is 0. The molecule has 4 heteroatoms. The molecule has 0 saturated heterocycles. The summed E-state index contributed by atoms with van der Waals surface area (Å²) in [6, 6.07) is 70.7. The predicted molar refractivity (Wildman–Crippen MR) is 249 cm³/mol. The lowest BCUT2D eigenvalue weighted by atomic mass is 9.97. The molecule has 280 valence electrons. The standard InChI is InChI=1S/C56H33NO3/c1-2-14-37-33-52-47(32-36(37)13-1)45-21-10-19-43(56(45)60-52)41-16-5-7-22-48(41)57(49-23-11-25-51-53(49)46-31-28-34-12-3-4-15-39(34)55(46)59-51)38-29-26-35(27-30-38)40-18-9-20-44-42-17-6-8-24-50(42)58-54(40)44/h1-33H. The van der Waals surface area contributed by atoms with Crippen LogP contribution in [-0.4, -0.2) is 0 Å². The Morgan fingerprint density at radius 3 is 1.75 bits per heavy atom. The van der Waals surface area contributed by atoms with Crippen LogP contribution in [0.1, 0.15) is 0 Å². The summed E-state index contributed by atoms with van der Waals surface area (Å²) in [5.74, 6) is 0. The molecule has 0 fully saturated rings. The van der Waals surface area contributed by atoms with Gasteiger partial charge in [-0.05, 0) is 76.3 Å². The third-order valence-corrected chi connectivity index (χ3v) is 12.2. The van der Waals surface area contributed by atoms with E-state index in [9.17, 15) is 0 Å². The summed E-state index contributed by atoms with van der Waals surface area (Å²) >= 11 is 0. The lowest BCUT2D eigenvalue weighted by Crippen LogP contribution is -2.11. The van der Waals surface area contributed by atoms with Gasteiger partial charge in [0.2, 0.25) is 0 Å². The van der Waals surface area contributed by atoms with E-state index in [0.717, 1.165) is 121 Å². The van der Waals surface area contributed by atoms with Crippen LogP contribution in [0.15, 0.2) is 213 Å². The summed E-state index contributed by atoms with van der Waals surface area (Å²) in [5.41, 5.74) is 12.5. The lowest BCUT2D eigenvalue weighted by Gasteiger charge is -2.28. The zero-order valence-corrected chi connectivity index (χ0v) is 32.2. The number of benzene rings is 10. The van der Waals surface area contributed by atoms with Crippen LogP contribution in [-0.2, 0) is 0 Å². The monoisotopic (exact) mass is 767 g/mol. The summed E-state index contributed by atoms with van der Waals surface area (Å²) in [7, 11) is 0. The van der Waals surface area contributed by atoms with Gasteiger partial charge >= 0.3 is 0 Å². The van der Waals surface area contributed by atoms with Gasteiger partial charge in [0.05, 0.1) is 16.8 Å². The van der Waals surface area contributed by atoms with E-state index in [4.69, 9.17) is 13.3 Å². The highest BCUT2D eigenvalue weighted by atomic mass is 16.3. The fourth-order valence-corrected chi connectivity index (χ4v) is 9.49. The van der Waals surface area contributed by atoms with Gasteiger partial charge in [0.15, 0.2) is 0 Å². The van der Waals surface area contributed by atoms with Crippen molar-refractivity contribution in [3.05, 3.63) is 200 Å². The minimum Gasteiger partial charge on any atom is -0.455 e. The van der Waals surface area contributed by atoms with E-state index in [1.165, 1.54) is 5.39 Å². The summed E-state index contributed by atoms with van der Waals surface area (Å²) in [4.78, 5) is 2.38. The highest BCUT2D eigenvalue weighted by molar-refractivity contribution is 6.20. The van der Waals surface area contributed by atoms with Crippen molar-refractivity contribution < 1.29 is 13.3 Å². The molecule has 0 aliphatic carbocycles. The summed E-state index contributed by atoms with van der Waals surface area (Å²) in [6.45, 7) is 0. The van der Waals surface area contributed by atoms with Crippen molar-refractivity contribution in [2.45, 2.75) is 0 Å². The Morgan fingerprint density at radius 1 is 0.300 bits per heavy atom. The molecule has 10 aromatic carbocycles. The Bertz CT molecular complexity index is 3850. The maximum atomic E-state index is 6.83. The van der Waals surface area contributed by atoms with E-state index in [1.807, 2.05) is 12.1 Å². The number of rotatable bonds is 5. The Hall–Kier alpha value is -8.08. The average Bonchev–Trinajstić information content (AvgIpc) is 4.00. The molecule has 0 N–H and O–H groups in total. The molecule has 0 aliphatic heterocycles. The van der Waals surface area contributed by atoms with Crippen molar-refractivity contribution >= 4 is 104 Å². The van der Waals surface area contributed by atoms with E-state index < -0.39 is 0 Å². The predicted octanol–water partition coefficient (Wildman–Crippen LogP) is 16.5. The van der Waals surface area contributed by atoms with Crippen LogP contribution in [0.2, 0.25) is 0 Å². The topological polar surface area (TPSA) is 42.7 Å². The zero-order chi connectivity index (χ0) is 39.3. The van der Waals surface area contributed by atoms with E-state index in [1.54, 1.807) is 0 Å². The first-order valence-electron chi connectivity index (χ1n) is 20.3. The molecule has 0 saturated carbocycles. The van der Waals surface area contributed by atoms with Gasteiger partial charge in [0.1, 0.15) is 33.5 Å². The van der Waals surface area contributed by atoms with Crippen LogP contribution in [0.4, 0.5) is 17.1 Å². The van der Waals surface area contributed by atoms with E-state index in [0.29, 0.717) is 0 Å². The second kappa shape index (κ2) is 12.7. The molecule has 0 radical (unpaired) electrons. The zero-order valence-electron chi connectivity index (χ0n) is 32.2. The Kier molecular flexibility index (Phi) is 6.98. The molecule has 0 bridgehead atoms. The average molecular weight is 768 g/mol. The fourth-order valence-electron chi connectivity index (χ4n) is 9.49. The minimum absolute atomic E-state index is 0.834. The Balaban J connectivity index is 1.05. The van der Waals surface area contributed by atoms with Crippen LogP contribution in [0.3, 0.4) is 0 Å². The number of anilines is 3. The molecule has 60 heavy (non-hydrogen) atoms. The van der Waals surface area contributed by atoms with Crippen molar-refractivity contribution in [3.8, 4) is 22.3 Å². The molecule has 13 rings (SSSR count). The molecule has 3 heterocycles. The van der Waals surface area contributed by atoms with Gasteiger partial charge in [0, 0.05) is 54.7 Å². The van der Waals surface area contributed by atoms with Gasteiger partial charge in [-0.3, -0.25) is 0 Å². The van der Waals surface area contributed by atoms with Crippen molar-refractivity contribution in [3.63, 3.8) is 0 Å². The molecule has 3 aromatic heterocycles. The smallest absolute Gasteiger partial charge is 0.143 e. The Labute approximate surface area is 343 Å². The first-order chi connectivity index (χ1) is 29.7. The SMILES string of the molecule is c1ccc(N(c2ccc(-c3cccc4c3oc3ccccc34)cc2)c2cccc3oc4c5ccccc5ccc4c23)c(-c2cccc3c2oc2cc4ccccc4cc23)c1. The number of hydrogen-bond acceptors (Lipinski definition) is 4. The molecule has 0 atom stereocenters. The molecule has 0 aliphatic rings. The first-order valence-corrected chi connectivity index (χ1v) is 20.3. The van der Waals surface area contributed by atoms with Crippen molar-refractivity contribution in [2.24, 2.45) is 0 Å². The first kappa shape index (κ1) is 32.9. The number of para-hydroxylation sites is 4. The highest BCUT2D eigenvalue weighted by Gasteiger charge is 2.24. The fraction of sp³-hybridized carbons (Fsp3) is 0. The molecule has 0 amide bonds. The lowest BCUT2D eigenvalue weighted by molar-refractivity contribution is 0.670. The Morgan fingerprint density at radius 2 is 0.883 bits per heavy atom. The van der Waals surface area contributed by atoms with Crippen LogP contribution < -0.4 is 4.90 Å². The third-order valence-electron chi connectivity index (χ3n) is 12.2. The molecular formula is C56H33NO3. The van der Waals surface area contributed by atoms with Gasteiger partial charge < -0.3 is 18.2 Å². The number of nitrogens with zero attached hydrogens (tertiary/aromatic N) is 1. The van der Waals surface area contributed by atoms with Crippen molar-refractivity contribution in [1.29, 1.82) is 0 Å². The highest BCUT2D eigenvalue weighted by Crippen LogP contribution is 2.49. The van der Waals surface area contributed by atoms with Crippen LogP contribution in [0.25, 0.3) is 110 Å². The quantitative estimate of drug-likeness (QED) is 0.175. The molecule has 0 spiro atoms. The maximum Gasteiger partial charge on any atom is 0.143 e. The second-order valence-electron chi connectivity index (χ2n) is 15.6. The van der Waals surface area contributed by atoms with Crippen molar-refractivity contribution in [2.75, 3.05) is 4.90 Å². The van der Waals surface area contributed by atoms with Crippen molar-refractivity contribution in [1.82, 2.24) is 0 Å². The van der Waals surface area contributed by atoms with Crippen LogP contribution in [0, 0.1) is 0 Å². The molecule has 4 nitrogen and oxygen atoms in total. The molecule has 13 aromatic rings. The normalized spacial score (nSPS) is 12.0. The van der Waals surface area contributed by atoms with Gasteiger partial charge in [-0.2, -0.15) is 0 Å². The van der Waals surface area contributed by atoms with Gasteiger partial charge in [-0.15, -0.1) is 0 Å². The summed E-state index contributed by atoms with van der Waals surface area (Å²) in [5, 5.41) is 11.1. The van der Waals surface area contributed by atoms with Crippen LogP contribution in [0.5, 0.6) is 0 Å². The number of fused-ring (bicyclic) bond motifs is 12. The van der Waals surface area contributed by atoms with Gasteiger partial charge in [0.25, 0.3) is 0 Å². The maximum absolute atomic E-state index is 6.83.